The lowest BCUT2D eigenvalue weighted by Gasteiger charge is -2.11. The zero-order chi connectivity index (χ0) is 14.2. The van der Waals surface area contributed by atoms with Gasteiger partial charge in [-0.3, -0.25) is 4.79 Å². The summed E-state index contributed by atoms with van der Waals surface area (Å²) < 4.78 is 0. The summed E-state index contributed by atoms with van der Waals surface area (Å²) in [5.41, 5.74) is 9.91. The van der Waals surface area contributed by atoms with Crippen LogP contribution >= 0.6 is 11.3 Å². The van der Waals surface area contributed by atoms with Crippen LogP contribution in [0.15, 0.2) is 41.2 Å². The number of amides is 1. The zero-order valence-corrected chi connectivity index (χ0v) is 12.1. The second kappa shape index (κ2) is 7.77. The first-order valence-electron chi connectivity index (χ1n) is 6.70. The minimum absolute atomic E-state index is 0.0869. The van der Waals surface area contributed by atoms with E-state index in [1.165, 1.54) is 5.56 Å². The van der Waals surface area contributed by atoms with Crippen molar-refractivity contribution in [2.24, 2.45) is 5.73 Å². The summed E-state index contributed by atoms with van der Waals surface area (Å²) in [5, 5.41) is 4.85. The molecule has 0 radical (unpaired) electrons. The van der Waals surface area contributed by atoms with Gasteiger partial charge in [0.05, 0.1) is 17.2 Å². The summed E-state index contributed by atoms with van der Waals surface area (Å²) in [7, 11) is 0. The summed E-state index contributed by atoms with van der Waals surface area (Å²) in [4.78, 5) is 16.0. The number of hydrogen-bond acceptors (Lipinski definition) is 4. The van der Waals surface area contributed by atoms with Gasteiger partial charge in [-0.2, -0.15) is 0 Å². The molecule has 106 valence electrons. The Balaban J connectivity index is 1.66. The van der Waals surface area contributed by atoms with Gasteiger partial charge in [0.1, 0.15) is 0 Å². The number of thiazole rings is 1. The molecular weight excluding hydrogens is 270 g/mol. The molecule has 20 heavy (non-hydrogen) atoms. The summed E-state index contributed by atoms with van der Waals surface area (Å²) in [6, 6.07) is 9.61. The fraction of sp³-hybridized carbons (Fsp3) is 0.333. The molecule has 5 heteroatoms. The predicted molar refractivity (Wildman–Crippen MR) is 81.6 cm³/mol. The Bertz CT molecular complexity index is 513. The molecule has 2 rings (SSSR count). The number of nitrogens with two attached hydrogens (primary N) is 1. The van der Waals surface area contributed by atoms with Crippen molar-refractivity contribution in [1.29, 1.82) is 0 Å². The van der Waals surface area contributed by atoms with Crippen molar-refractivity contribution in [2.45, 2.75) is 25.3 Å². The zero-order valence-electron chi connectivity index (χ0n) is 11.3. The molecule has 1 amide bonds. The molecule has 0 bridgehead atoms. The number of aryl methyl sites for hydroxylation is 1. The van der Waals surface area contributed by atoms with Gasteiger partial charge in [-0.15, -0.1) is 11.3 Å². The molecule has 3 N–H and O–H groups in total. The Morgan fingerprint density at radius 3 is 2.80 bits per heavy atom. The molecular formula is C15H19N3OS. The fourth-order valence-corrected chi connectivity index (χ4v) is 2.50. The van der Waals surface area contributed by atoms with Crippen molar-refractivity contribution in [2.75, 3.05) is 6.54 Å². The van der Waals surface area contributed by atoms with Crippen molar-refractivity contribution >= 4 is 17.2 Å². The van der Waals surface area contributed by atoms with Crippen LogP contribution in [-0.2, 0) is 17.6 Å². The number of rotatable bonds is 7. The van der Waals surface area contributed by atoms with Gasteiger partial charge < -0.3 is 11.1 Å². The standard InChI is InChI=1S/C15H19N3OS/c16-14(7-6-12-4-2-1-3-5-12)15(19)17-9-8-13-10-20-11-18-13/h1-5,10-11,14H,6-9,16H2,(H,17,19). The second-order valence-corrected chi connectivity index (χ2v) is 5.37. The Morgan fingerprint density at radius 2 is 2.10 bits per heavy atom. The first-order chi connectivity index (χ1) is 9.75. The van der Waals surface area contributed by atoms with E-state index >= 15 is 0 Å². The van der Waals surface area contributed by atoms with Gasteiger partial charge >= 0.3 is 0 Å². The van der Waals surface area contributed by atoms with Crippen LogP contribution in [-0.4, -0.2) is 23.5 Å². The van der Waals surface area contributed by atoms with E-state index in [1.54, 1.807) is 16.8 Å². The van der Waals surface area contributed by atoms with Crippen LogP contribution < -0.4 is 11.1 Å². The Morgan fingerprint density at radius 1 is 1.30 bits per heavy atom. The molecule has 0 spiro atoms. The SMILES string of the molecule is NC(CCc1ccccc1)C(=O)NCCc1cscn1. The minimum atomic E-state index is -0.453. The summed E-state index contributed by atoms with van der Waals surface area (Å²) in [6.07, 6.45) is 2.23. The number of carbonyl (C=O) groups excluding carboxylic acids is 1. The first-order valence-corrected chi connectivity index (χ1v) is 7.64. The first kappa shape index (κ1) is 14.7. The van der Waals surface area contributed by atoms with Crippen LogP contribution in [0, 0.1) is 0 Å². The molecule has 1 aromatic heterocycles. The Kier molecular flexibility index (Phi) is 5.70. The monoisotopic (exact) mass is 289 g/mol. The topological polar surface area (TPSA) is 68.0 Å². The van der Waals surface area contributed by atoms with Crippen molar-refractivity contribution in [3.05, 3.63) is 52.5 Å². The lowest BCUT2D eigenvalue weighted by Crippen LogP contribution is -2.41. The molecule has 0 fully saturated rings. The van der Waals surface area contributed by atoms with Crippen LogP contribution in [0.5, 0.6) is 0 Å². The number of nitrogens with one attached hydrogen (secondary N) is 1. The van der Waals surface area contributed by atoms with E-state index in [1.807, 2.05) is 35.7 Å². The van der Waals surface area contributed by atoms with Crippen LogP contribution in [0.25, 0.3) is 0 Å². The molecule has 0 saturated heterocycles. The molecule has 0 aliphatic rings. The molecule has 0 aliphatic carbocycles. The highest BCUT2D eigenvalue weighted by Crippen LogP contribution is 2.04. The van der Waals surface area contributed by atoms with Crippen molar-refractivity contribution in [1.82, 2.24) is 10.3 Å². The number of nitrogens with zero attached hydrogens (tertiary/aromatic N) is 1. The van der Waals surface area contributed by atoms with E-state index in [-0.39, 0.29) is 5.91 Å². The van der Waals surface area contributed by atoms with E-state index in [4.69, 9.17) is 5.73 Å². The molecule has 2 aromatic rings. The lowest BCUT2D eigenvalue weighted by atomic mass is 10.1. The van der Waals surface area contributed by atoms with Crippen LogP contribution in [0.3, 0.4) is 0 Å². The number of hydrogen-bond donors (Lipinski definition) is 2. The Labute approximate surface area is 123 Å². The van der Waals surface area contributed by atoms with Crippen molar-refractivity contribution in [3.8, 4) is 0 Å². The van der Waals surface area contributed by atoms with Gasteiger partial charge in [0.15, 0.2) is 0 Å². The van der Waals surface area contributed by atoms with Crippen molar-refractivity contribution in [3.63, 3.8) is 0 Å². The number of aromatic nitrogens is 1. The maximum atomic E-state index is 11.8. The molecule has 0 aliphatic heterocycles. The predicted octanol–water partition coefficient (Wildman–Crippen LogP) is 1.76. The number of benzene rings is 1. The Hall–Kier alpha value is -1.72. The third-order valence-electron chi connectivity index (χ3n) is 3.09. The average Bonchev–Trinajstić information content (AvgIpc) is 2.99. The van der Waals surface area contributed by atoms with E-state index < -0.39 is 6.04 Å². The smallest absolute Gasteiger partial charge is 0.236 e. The maximum absolute atomic E-state index is 11.8. The van der Waals surface area contributed by atoms with Gasteiger partial charge in [-0.25, -0.2) is 4.98 Å². The normalized spacial score (nSPS) is 12.1. The van der Waals surface area contributed by atoms with Crippen molar-refractivity contribution < 1.29 is 4.79 Å². The van der Waals surface area contributed by atoms with Gasteiger partial charge in [0.2, 0.25) is 5.91 Å². The molecule has 1 atom stereocenters. The maximum Gasteiger partial charge on any atom is 0.236 e. The average molecular weight is 289 g/mol. The third-order valence-corrected chi connectivity index (χ3v) is 3.72. The summed E-state index contributed by atoms with van der Waals surface area (Å²) in [5.74, 6) is -0.0869. The van der Waals surface area contributed by atoms with Crippen LogP contribution in [0.2, 0.25) is 0 Å². The van der Waals surface area contributed by atoms with E-state index in [9.17, 15) is 4.79 Å². The van der Waals surface area contributed by atoms with E-state index in [2.05, 4.69) is 10.3 Å². The van der Waals surface area contributed by atoms with Crippen LogP contribution in [0.1, 0.15) is 17.7 Å². The van der Waals surface area contributed by atoms with Gasteiger partial charge in [0, 0.05) is 18.3 Å². The largest absolute Gasteiger partial charge is 0.354 e. The lowest BCUT2D eigenvalue weighted by molar-refractivity contribution is -0.122. The van der Waals surface area contributed by atoms with Gasteiger partial charge in [0.25, 0.3) is 0 Å². The molecule has 1 unspecified atom stereocenters. The summed E-state index contributed by atoms with van der Waals surface area (Å²) >= 11 is 1.56. The molecule has 4 nitrogen and oxygen atoms in total. The highest BCUT2D eigenvalue weighted by Gasteiger charge is 2.12. The molecule has 1 aromatic carbocycles. The van der Waals surface area contributed by atoms with Gasteiger partial charge in [-0.05, 0) is 18.4 Å². The third kappa shape index (κ3) is 4.75. The van der Waals surface area contributed by atoms with Gasteiger partial charge in [-0.1, -0.05) is 30.3 Å². The fourth-order valence-electron chi connectivity index (χ4n) is 1.90. The molecule has 1 heterocycles. The van der Waals surface area contributed by atoms with E-state index in [0.29, 0.717) is 13.0 Å². The second-order valence-electron chi connectivity index (χ2n) is 4.65. The van der Waals surface area contributed by atoms with Crippen LogP contribution in [0.4, 0.5) is 0 Å². The molecule has 0 saturated carbocycles. The number of carbonyl (C=O) groups is 1. The quantitative estimate of drug-likeness (QED) is 0.816. The summed E-state index contributed by atoms with van der Waals surface area (Å²) in [6.45, 7) is 0.585. The minimum Gasteiger partial charge on any atom is -0.354 e. The highest BCUT2D eigenvalue weighted by atomic mass is 32.1. The van der Waals surface area contributed by atoms with E-state index in [0.717, 1.165) is 18.5 Å². The highest BCUT2D eigenvalue weighted by molar-refractivity contribution is 7.07.